The number of fused-ring (bicyclic) bond motifs is 2. The van der Waals surface area contributed by atoms with Crippen molar-refractivity contribution in [1.29, 1.82) is 0 Å². The van der Waals surface area contributed by atoms with Crippen molar-refractivity contribution in [2.24, 2.45) is 30.5 Å². The van der Waals surface area contributed by atoms with Gasteiger partial charge in [-0.25, -0.2) is 13.6 Å². The zero-order valence-electron chi connectivity index (χ0n) is 43.1. The average molecular weight is 1050 g/mol. The van der Waals surface area contributed by atoms with Gasteiger partial charge in [-0.2, -0.15) is 5.10 Å². The van der Waals surface area contributed by atoms with Crippen molar-refractivity contribution in [3.63, 3.8) is 0 Å². The second kappa shape index (κ2) is 21.8. The van der Waals surface area contributed by atoms with Crippen LogP contribution in [-0.2, 0) is 27.0 Å². The van der Waals surface area contributed by atoms with E-state index in [9.17, 15) is 19.2 Å². The van der Waals surface area contributed by atoms with E-state index < -0.39 is 35.1 Å². The molecule has 4 aromatic carbocycles. The molecule has 18 heteroatoms. The van der Waals surface area contributed by atoms with Gasteiger partial charge in [0.15, 0.2) is 23.0 Å². The van der Waals surface area contributed by atoms with E-state index in [4.69, 9.17) is 31.5 Å². The van der Waals surface area contributed by atoms with Gasteiger partial charge in [0.25, 0.3) is 0 Å². The van der Waals surface area contributed by atoms with E-state index in [0.717, 1.165) is 94.1 Å². The van der Waals surface area contributed by atoms with Crippen LogP contribution in [0.25, 0.3) is 22.0 Å². The number of rotatable bonds is 15. The summed E-state index contributed by atoms with van der Waals surface area (Å²) in [5.74, 6) is -1.27. The van der Waals surface area contributed by atoms with Crippen molar-refractivity contribution >= 4 is 52.1 Å². The molecule has 4 aliphatic heterocycles. The number of primary amides is 1. The molecule has 1 aliphatic carbocycles. The minimum atomic E-state index is -1.09. The van der Waals surface area contributed by atoms with Crippen LogP contribution in [0.15, 0.2) is 66.7 Å². The number of anilines is 1. The van der Waals surface area contributed by atoms with Crippen LogP contribution >= 0.6 is 11.6 Å². The average Bonchev–Trinajstić information content (AvgIpc) is 3.94. The Balaban J connectivity index is 0.739. The summed E-state index contributed by atoms with van der Waals surface area (Å²) in [5.41, 5.74) is 7.79. The molecule has 0 spiro atoms. The Bertz CT molecular complexity index is 2980. The van der Waals surface area contributed by atoms with Crippen LogP contribution in [0, 0.1) is 29.4 Å². The van der Waals surface area contributed by atoms with E-state index >= 15 is 8.78 Å². The van der Waals surface area contributed by atoms with Gasteiger partial charge >= 0.3 is 6.03 Å². The highest BCUT2D eigenvalue weighted by Gasteiger charge is 2.50. The molecule has 4 atom stereocenters. The summed E-state index contributed by atoms with van der Waals surface area (Å²) < 4.78 is 52.0. The fraction of sp³-hybridized carbons (Fsp3) is 0.491. The quantitative estimate of drug-likeness (QED) is 0.0862. The summed E-state index contributed by atoms with van der Waals surface area (Å²) in [6.07, 6.45) is 6.37. The number of carbonyl (C=O) groups excluding carboxylic acids is 4. The maximum absolute atomic E-state index is 16.6. The second-order valence-electron chi connectivity index (χ2n) is 21.4. The van der Waals surface area contributed by atoms with Crippen molar-refractivity contribution in [1.82, 2.24) is 30.2 Å². The van der Waals surface area contributed by atoms with Gasteiger partial charge in [0.05, 0.1) is 22.7 Å². The molecule has 0 radical (unpaired) electrons. The number of likely N-dealkylation sites (tertiary alicyclic amines) is 2. The van der Waals surface area contributed by atoms with Crippen LogP contribution in [0.1, 0.15) is 104 Å². The number of aromatic nitrogens is 2. The van der Waals surface area contributed by atoms with Gasteiger partial charge in [-0.3, -0.25) is 29.3 Å². The Morgan fingerprint density at radius 1 is 0.933 bits per heavy atom. The second-order valence-corrected chi connectivity index (χ2v) is 21.7. The summed E-state index contributed by atoms with van der Waals surface area (Å²) in [5, 5.41) is 11.4. The van der Waals surface area contributed by atoms with Crippen molar-refractivity contribution < 1.29 is 42.2 Å². The first kappa shape index (κ1) is 52.3. The molecule has 5 heterocycles. The maximum Gasteiger partial charge on any atom is 0.329 e. The Hall–Kier alpha value is -6.14. The molecule has 15 nitrogen and oxygen atoms in total. The Morgan fingerprint density at radius 3 is 2.40 bits per heavy atom. The van der Waals surface area contributed by atoms with Gasteiger partial charge in [-0.05, 0) is 105 Å². The molecule has 1 aromatic heterocycles. The number of nitrogens with two attached hydrogens (primary N) is 1. The highest BCUT2D eigenvalue weighted by molar-refractivity contribution is 6.34. The van der Waals surface area contributed by atoms with E-state index in [0.29, 0.717) is 42.2 Å². The lowest BCUT2D eigenvalue weighted by Gasteiger charge is -2.41. The van der Waals surface area contributed by atoms with Gasteiger partial charge in [0, 0.05) is 106 Å². The predicted molar refractivity (Wildman–Crippen MR) is 282 cm³/mol. The van der Waals surface area contributed by atoms with Crippen molar-refractivity contribution in [3.05, 3.63) is 106 Å². The van der Waals surface area contributed by atoms with Gasteiger partial charge in [0.2, 0.25) is 17.7 Å². The Morgan fingerprint density at radius 2 is 1.69 bits per heavy atom. The molecule has 4 fully saturated rings. The number of nitrogens with one attached hydrogen (secondary N) is 2. The van der Waals surface area contributed by atoms with Crippen LogP contribution in [0.4, 0.5) is 19.4 Å². The molecule has 1 saturated carbocycles. The zero-order valence-corrected chi connectivity index (χ0v) is 43.9. The van der Waals surface area contributed by atoms with E-state index in [-0.39, 0.29) is 76.6 Å². The molecule has 5 aromatic rings. The fourth-order valence-electron chi connectivity index (χ4n) is 12.7. The van der Waals surface area contributed by atoms with E-state index in [2.05, 4.69) is 50.7 Å². The normalized spacial score (nSPS) is 24.5. The first-order chi connectivity index (χ1) is 36.1. The third kappa shape index (κ3) is 10.2. The van der Waals surface area contributed by atoms with E-state index in [1.807, 2.05) is 49.0 Å². The van der Waals surface area contributed by atoms with Gasteiger partial charge in [-0.15, -0.1) is 0 Å². The van der Waals surface area contributed by atoms with Crippen molar-refractivity contribution in [3.8, 4) is 22.6 Å². The van der Waals surface area contributed by atoms with Crippen LogP contribution < -0.4 is 30.7 Å². The number of ether oxygens (including phenoxy) is 3. The number of urea groups is 1. The lowest BCUT2D eigenvalue weighted by molar-refractivity contribution is -0.138. The van der Waals surface area contributed by atoms with Gasteiger partial charge in [0.1, 0.15) is 18.2 Å². The van der Waals surface area contributed by atoms with E-state index in [1.54, 1.807) is 4.90 Å². The minimum Gasteiger partial charge on any atom is -0.488 e. The summed E-state index contributed by atoms with van der Waals surface area (Å²) in [6.45, 7) is 9.72. The lowest BCUT2D eigenvalue weighted by Crippen LogP contribution is -2.49. The number of methoxy groups -OCH3 is 1. The minimum absolute atomic E-state index is 0.0144. The monoisotopic (exact) mass is 1050 g/mol. The molecular weight excluding hydrogens is 982 g/mol. The van der Waals surface area contributed by atoms with Crippen molar-refractivity contribution in [2.45, 2.75) is 88.7 Å². The zero-order chi connectivity index (χ0) is 52.7. The predicted octanol–water partition coefficient (Wildman–Crippen LogP) is 8.65. The van der Waals surface area contributed by atoms with Crippen LogP contribution in [-0.4, -0.2) is 116 Å². The topological polar surface area (TPSA) is 174 Å². The maximum atomic E-state index is 16.6. The number of aryl methyl sites for hydroxylation is 1. The van der Waals surface area contributed by atoms with Gasteiger partial charge in [-0.1, -0.05) is 61.8 Å². The number of carbonyl (C=O) groups is 4. The molecule has 0 bridgehead atoms. The van der Waals surface area contributed by atoms with Crippen LogP contribution in [0.5, 0.6) is 11.5 Å². The largest absolute Gasteiger partial charge is 0.488 e. The highest BCUT2D eigenvalue weighted by atomic mass is 35.5. The molecule has 5 aliphatic rings. The Labute approximate surface area is 441 Å². The number of halogens is 3. The van der Waals surface area contributed by atoms with Crippen LogP contribution in [0.3, 0.4) is 0 Å². The Kier molecular flexibility index (Phi) is 15.2. The number of amides is 5. The highest BCUT2D eigenvalue weighted by Crippen LogP contribution is 2.56. The number of imide groups is 1. The first-order valence-electron chi connectivity index (χ1n) is 26.5. The molecule has 4 N–H and O–H groups in total. The van der Waals surface area contributed by atoms with Crippen LogP contribution in [0.2, 0.25) is 5.02 Å². The molecule has 0 unspecified atom stereocenters. The molecule has 398 valence electrons. The molecule has 75 heavy (non-hydrogen) atoms. The standard InChI is InChI=1S/C57H67ClF2N8O7/c1-33-30-66(22-20-40(33)37-12-15-41-44(28-37)65(3)64-54(41)68-25-21-47(69)63-56(68)72)31-35-18-23-67(24-19-35)55(71)36-10-13-39(14-11-36)62-32-57(38-8-6-5-7-9-38)34(2)48-46(75-57)29-43(59)51(58)50(48)49-42(53(61)70)16-17-45(52(49)60)74-27-26-73-4/h5-9,12,15-17,28-29,33-36,39-40,62H,10-11,13-14,18-27,30-32H2,1-4H3,(H2,61,70)(H,63,69,72)/t33-,34+,36?,39?,40+,57+/m1/s1. The SMILES string of the molecule is COCCOc1ccc(C(N)=O)c(-c2c(Cl)c(F)cc3c2[C@H](C)[C@@](CNC2CCC(C(=O)N4CCC(CN5CC[C@H](c6ccc7c(N8CCC(=O)NC8=O)nn(C)c7c6)[C@H](C)C5)CC4)CC2)(c2ccccc2)O3)c1F. The summed E-state index contributed by atoms with van der Waals surface area (Å²) in [7, 11) is 3.39. The number of nitrogens with zero attached hydrogens (tertiary/aromatic N) is 5. The third-order valence-electron chi connectivity index (χ3n) is 16.8. The summed E-state index contributed by atoms with van der Waals surface area (Å²) in [6, 6.07) is 19.6. The number of hydrogen-bond donors (Lipinski definition) is 3. The fourth-order valence-corrected chi connectivity index (χ4v) is 13.0. The molecule has 10 rings (SSSR count). The van der Waals surface area contributed by atoms with Crippen molar-refractivity contribution in [2.75, 3.05) is 71.0 Å². The number of hydrogen-bond acceptors (Lipinski definition) is 10. The smallest absolute Gasteiger partial charge is 0.329 e. The van der Waals surface area contributed by atoms with Gasteiger partial charge < -0.3 is 35.1 Å². The molecule has 3 saturated heterocycles. The van der Waals surface area contributed by atoms with E-state index in [1.165, 1.54) is 30.9 Å². The summed E-state index contributed by atoms with van der Waals surface area (Å²) >= 11 is 6.77. The third-order valence-corrected chi connectivity index (χ3v) is 17.2. The number of piperidine rings is 2. The molecule has 5 amide bonds. The number of benzene rings is 4. The summed E-state index contributed by atoms with van der Waals surface area (Å²) in [4.78, 5) is 57.5. The first-order valence-corrected chi connectivity index (χ1v) is 26.9. The molecular formula is C57H67ClF2N8O7. The lowest BCUT2D eigenvalue weighted by atomic mass is 9.77.